The molecule has 0 bridgehead atoms. The van der Waals surface area contributed by atoms with Crippen LogP contribution < -0.4 is 10.5 Å². The fraction of sp³-hybridized carbons (Fsp3) is 0.318. The third-order valence-electron chi connectivity index (χ3n) is 6.07. The van der Waals surface area contributed by atoms with Gasteiger partial charge >= 0.3 is 0 Å². The number of amidine groups is 1. The lowest BCUT2D eigenvalue weighted by Crippen LogP contribution is -2.38. The van der Waals surface area contributed by atoms with Gasteiger partial charge in [0, 0.05) is 5.92 Å². The van der Waals surface area contributed by atoms with Gasteiger partial charge in [-0.3, -0.25) is 0 Å². The Bertz CT molecular complexity index is 1060. The minimum Gasteiger partial charge on any atom is -0.489 e. The lowest BCUT2D eigenvalue weighted by molar-refractivity contribution is -0.184. The van der Waals surface area contributed by atoms with Crippen LogP contribution in [-0.2, 0) is 16.1 Å². The summed E-state index contributed by atoms with van der Waals surface area (Å²) in [6.45, 7) is 1.07. The number of nitriles is 2. The molecule has 2 aromatic rings. The van der Waals surface area contributed by atoms with Crippen molar-refractivity contribution in [2.24, 2.45) is 21.6 Å². The Morgan fingerprint density at radius 3 is 2.34 bits per heavy atom. The highest BCUT2D eigenvalue weighted by Crippen LogP contribution is 2.82. The molecule has 2 aliphatic heterocycles. The summed E-state index contributed by atoms with van der Waals surface area (Å²) in [6, 6.07) is 21.8. The average Bonchev–Trinajstić information content (AvgIpc) is 3.01. The van der Waals surface area contributed by atoms with Crippen molar-refractivity contribution in [2.45, 2.75) is 18.4 Å². The summed E-state index contributed by atoms with van der Waals surface area (Å²) in [6.07, 6.45) is 0. The molecule has 0 aromatic heterocycles. The second-order valence-corrected chi connectivity index (χ2v) is 7.39. The highest BCUT2D eigenvalue weighted by Gasteiger charge is 2.94. The second-order valence-electron chi connectivity index (χ2n) is 7.39. The minimum absolute atomic E-state index is 0.0952. The van der Waals surface area contributed by atoms with Crippen LogP contribution in [0.3, 0.4) is 0 Å². The van der Waals surface area contributed by atoms with Crippen LogP contribution in [0.5, 0.6) is 5.75 Å². The molecule has 1 aliphatic carbocycles. The lowest BCUT2D eigenvalue weighted by atomic mass is 9.94. The summed E-state index contributed by atoms with van der Waals surface area (Å²) in [5, 5.41) is 20.1. The van der Waals surface area contributed by atoms with Gasteiger partial charge in [-0.25, -0.2) is 4.99 Å². The normalized spacial score (nSPS) is 30.8. The smallest absolute Gasteiger partial charge is 0.293 e. The Balaban J connectivity index is 1.44. The van der Waals surface area contributed by atoms with Gasteiger partial charge in [0.2, 0.25) is 0 Å². The molecule has 0 radical (unpaired) electrons. The first-order valence-corrected chi connectivity index (χ1v) is 9.36. The monoisotopic (exact) mass is 386 g/mol. The maximum atomic E-state index is 10.1. The van der Waals surface area contributed by atoms with Crippen LogP contribution in [0.2, 0.25) is 0 Å². The predicted molar refractivity (Wildman–Crippen MR) is 102 cm³/mol. The fourth-order valence-electron chi connectivity index (χ4n) is 4.72. The largest absolute Gasteiger partial charge is 0.489 e. The van der Waals surface area contributed by atoms with Crippen LogP contribution >= 0.6 is 0 Å². The predicted octanol–water partition coefficient (Wildman–Crippen LogP) is 2.45. The first-order chi connectivity index (χ1) is 14.1. The average molecular weight is 386 g/mol. The summed E-state index contributed by atoms with van der Waals surface area (Å²) in [5.41, 5.74) is 5.47. The van der Waals surface area contributed by atoms with Crippen molar-refractivity contribution >= 4 is 5.84 Å². The highest BCUT2D eigenvalue weighted by molar-refractivity contribution is 6.00. The van der Waals surface area contributed by atoms with Crippen LogP contribution in [0.1, 0.15) is 17.0 Å². The SMILES string of the molecule is N#C[C@@]12C(N)=NC3(OCCO3)[C@]1(C#N)[C@@H]2c1ccc(OCc2ccccc2)cc1. The highest BCUT2D eigenvalue weighted by atomic mass is 16.8. The van der Waals surface area contributed by atoms with E-state index in [-0.39, 0.29) is 5.84 Å². The maximum Gasteiger partial charge on any atom is 0.293 e. The van der Waals surface area contributed by atoms with Gasteiger partial charge < -0.3 is 19.9 Å². The number of aliphatic imine (C=N–C) groups is 1. The first-order valence-electron chi connectivity index (χ1n) is 9.36. The number of ether oxygens (including phenoxy) is 3. The van der Waals surface area contributed by atoms with Gasteiger partial charge in [0.25, 0.3) is 5.91 Å². The molecule has 144 valence electrons. The standard InChI is InChI=1S/C22H18N4O3/c23-13-20-18(21(20,14-24)22(26-19(20)25)28-10-11-29-22)16-6-8-17(9-7-16)27-12-15-4-2-1-3-5-15/h1-9,18H,10-12H2,(H2,25,26)/t18-,20-,21-/m1/s1. The lowest BCUT2D eigenvalue weighted by Gasteiger charge is -2.25. The molecule has 1 saturated carbocycles. The zero-order valence-electron chi connectivity index (χ0n) is 15.5. The fourth-order valence-corrected chi connectivity index (χ4v) is 4.72. The van der Waals surface area contributed by atoms with Crippen molar-refractivity contribution < 1.29 is 14.2 Å². The molecule has 3 aliphatic rings. The van der Waals surface area contributed by atoms with E-state index in [9.17, 15) is 10.5 Å². The molecule has 29 heavy (non-hydrogen) atoms. The molecule has 5 rings (SSSR count). The summed E-state index contributed by atoms with van der Waals surface area (Å²) < 4.78 is 17.3. The number of hydrogen-bond donors (Lipinski definition) is 1. The molecular weight excluding hydrogens is 368 g/mol. The van der Waals surface area contributed by atoms with Gasteiger partial charge in [-0.15, -0.1) is 0 Å². The zero-order valence-corrected chi connectivity index (χ0v) is 15.5. The third kappa shape index (κ3) is 2.09. The van der Waals surface area contributed by atoms with Crippen LogP contribution in [0.4, 0.5) is 0 Å². The van der Waals surface area contributed by atoms with Crippen molar-refractivity contribution in [2.75, 3.05) is 13.2 Å². The quantitative estimate of drug-likeness (QED) is 0.863. The van der Waals surface area contributed by atoms with Crippen molar-refractivity contribution in [3.05, 3.63) is 65.7 Å². The summed E-state index contributed by atoms with van der Waals surface area (Å²) in [5.74, 6) is -1.19. The van der Waals surface area contributed by atoms with Crippen LogP contribution in [-0.4, -0.2) is 25.0 Å². The van der Waals surface area contributed by atoms with Crippen LogP contribution in [0, 0.1) is 33.5 Å². The number of rotatable bonds is 4. The molecular formula is C22H18N4O3. The Kier molecular flexibility index (Phi) is 3.69. The Morgan fingerprint density at radius 2 is 1.72 bits per heavy atom. The molecule has 2 heterocycles. The van der Waals surface area contributed by atoms with E-state index in [1.807, 2.05) is 54.6 Å². The van der Waals surface area contributed by atoms with Gasteiger partial charge in [-0.1, -0.05) is 42.5 Å². The third-order valence-corrected chi connectivity index (χ3v) is 6.07. The molecule has 2 aromatic carbocycles. The van der Waals surface area contributed by atoms with E-state index in [0.29, 0.717) is 25.6 Å². The van der Waals surface area contributed by atoms with E-state index in [2.05, 4.69) is 17.1 Å². The van der Waals surface area contributed by atoms with Crippen molar-refractivity contribution in [1.29, 1.82) is 10.5 Å². The Morgan fingerprint density at radius 1 is 1.03 bits per heavy atom. The zero-order chi connectivity index (χ0) is 20.1. The summed E-state index contributed by atoms with van der Waals surface area (Å²) >= 11 is 0. The van der Waals surface area contributed by atoms with E-state index in [4.69, 9.17) is 19.9 Å². The van der Waals surface area contributed by atoms with Gasteiger partial charge in [-0.2, -0.15) is 10.5 Å². The van der Waals surface area contributed by atoms with Gasteiger partial charge in [0.15, 0.2) is 5.41 Å². The number of nitrogens with zero attached hydrogens (tertiary/aromatic N) is 3. The van der Waals surface area contributed by atoms with E-state index in [1.54, 1.807) is 0 Å². The van der Waals surface area contributed by atoms with Gasteiger partial charge in [0.1, 0.15) is 23.6 Å². The minimum atomic E-state index is -1.51. The molecule has 1 saturated heterocycles. The van der Waals surface area contributed by atoms with E-state index >= 15 is 0 Å². The van der Waals surface area contributed by atoms with Crippen molar-refractivity contribution in [3.8, 4) is 17.9 Å². The first kappa shape index (κ1) is 17.7. The Labute approximate surface area is 167 Å². The molecule has 1 spiro atoms. The molecule has 3 atom stereocenters. The van der Waals surface area contributed by atoms with E-state index in [0.717, 1.165) is 11.1 Å². The van der Waals surface area contributed by atoms with E-state index in [1.165, 1.54) is 0 Å². The molecule has 0 unspecified atom stereocenters. The maximum absolute atomic E-state index is 10.1. The molecule has 2 fully saturated rings. The van der Waals surface area contributed by atoms with Gasteiger partial charge in [0.05, 0.1) is 25.4 Å². The molecule has 7 heteroatoms. The van der Waals surface area contributed by atoms with Crippen molar-refractivity contribution in [1.82, 2.24) is 0 Å². The molecule has 2 N–H and O–H groups in total. The molecule has 0 amide bonds. The van der Waals surface area contributed by atoms with E-state index < -0.39 is 22.7 Å². The summed E-state index contributed by atoms with van der Waals surface area (Å²) in [7, 11) is 0. The number of nitrogens with two attached hydrogens (primary N) is 1. The van der Waals surface area contributed by atoms with Crippen molar-refractivity contribution in [3.63, 3.8) is 0 Å². The summed E-state index contributed by atoms with van der Waals surface area (Å²) in [4.78, 5) is 4.27. The van der Waals surface area contributed by atoms with Gasteiger partial charge in [-0.05, 0) is 23.3 Å². The Hall–Kier alpha value is -3.39. The second kappa shape index (κ2) is 6.05. The number of fused-ring (bicyclic) bond motifs is 2. The van der Waals surface area contributed by atoms with Crippen LogP contribution in [0.15, 0.2) is 59.6 Å². The number of hydrogen-bond acceptors (Lipinski definition) is 7. The topological polar surface area (TPSA) is 114 Å². The number of benzene rings is 2. The molecule has 7 nitrogen and oxygen atoms in total. The van der Waals surface area contributed by atoms with Crippen LogP contribution in [0.25, 0.3) is 0 Å².